The van der Waals surface area contributed by atoms with E-state index in [-0.39, 0.29) is 18.8 Å². The first-order chi connectivity index (χ1) is 11.9. The van der Waals surface area contributed by atoms with E-state index in [4.69, 9.17) is 0 Å². The topological polar surface area (TPSA) is 64.3 Å². The Morgan fingerprint density at radius 1 is 1.20 bits per heavy atom. The molecule has 0 atom stereocenters. The molecule has 0 unspecified atom stereocenters. The number of rotatable bonds is 8. The highest BCUT2D eigenvalue weighted by atomic mass is 19.4. The Hall–Kier alpha value is -1.61. The van der Waals surface area contributed by atoms with Crippen LogP contribution in [0.3, 0.4) is 0 Å². The summed E-state index contributed by atoms with van der Waals surface area (Å²) in [6.07, 6.45) is -4.57. The number of halogens is 3. The quantitative estimate of drug-likeness (QED) is 0.741. The molecule has 2 heterocycles. The van der Waals surface area contributed by atoms with Crippen LogP contribution in [0.4, 0.5) is 13.2 Å². The van der Waals surface area contributed by atoms with Crippen LogP contribution in [0.5, 0.6) is 0 Å². The van der Waals surface area contributed by atoms with E-state index in [1.165, 1.54) is 4.90 Å². The zero-order valence-electron chi connectivity index (χ0n) is 14.7. The van der Waals surface area contributed by atoms with Crippen molar-refractivity contribution in [2.75, 3.05) is 39.3 Å². The maximum Gasteiger partial charge on any atom is 0.390 e. The Labute approximate surface area is 145 Å². The maximum atomic E-state index is 12.8. The summed E-state index contributed by atoms with van der Waals surface area (Å²) in [5, 5.41) is 10.1. The van der Waals surface area contributed by atoms with Crippen molar-refractivity contribution in [1.29, 1.82) is 0 Å². The molecule has 1 aromatic heterocycles. The molecule has 0 fully saturated rings. The van der Waals surface area contributed by atoms with Crippen LogP contribution in [-0.2, 0) is 13.0 Å². The number of likely N-dealkylation sites (N-methyl/N-ethyl adjacent to an activating group) is 1. The summed E-state index contributed by atoms with van der Waals surface area (Å²) in [6, 6.07) is 0. The van der Waals surface area contributed by atoms with Crippen molar-refractivity contribution in [3.05, 3.63) is 17.0 Å². The van der Waals surface area contributed by atoms with Crippen LogP contribution in [-0.4, -0.2) is 71.3 Å². The van der Waals surface area contributed by atoms with Gasteiger partial charge in [-0.15, -0.1) is 0 Å². The first kappa shape index (κ1) is 19.7. The molecule has 0 saturated heterocycles. The molecule has 0 saturated carbocycles. The highest BCUT2D eigenvalue weighted by molar-refractivity contribution is 5.94. The summed E-state index contributed by atoms with van der Waals surface area (Å²) < 4.78 is 37.9. The third-order valence-corrected chi connectivity index (χ3v) is 4.54. The maximum absolute atomic E-state index is 12.8. The van der Waals surface area contributed by atoms with Crippen molar-refractivity contribution in [2.24, 2.45) is 0 Å². The van der Waals surface area contributed by atoms with Gasteiger partial charge in [0.1, 0.15) is 0 Å². The van der Waals surface area contributed by atoms with Gasteiger partial charge >= 0.3 is 6.18 Å². The fourth-order valence-corrected chi connectivity index (χ4v) is 2.93. The molecule has 142 valence electrons. The van der Waals surface area contributed by atoms with Gasteiger partial charge in [0.15, 0.2) is 5.69 Å². The number of aromatic amines is 1. The molecule has 1 aliphatic heterocycles. The fourth-order valence-electron chi connectivity index (χ4n) is 2.93. The number of nitrogens with zero attached hydrogens (tertiary/aromatic N) is 3. The minimum atomic E-state index is -4.29. The highest BCUT2D eigenvalue weighted by Crippen LogP contribution is 2.22. The molecule has 9 heteroatoms. The molecule has 2 rings (SSSR count). The number of aromatic nitrogens is 2. The number of carbonyl (C=O) groups is 1. The first-order valence-electron chi connectivity index (χ1n) is 8.71. The highest BCUT2D eigenvalue weighted by Gasteiger charge is 2.31. The Morgan fingerprint density at radius 3 is 2.56 bits per heavy atom. The third-order valence-electron chi connectivity index (χ3n) is 4.54. The van der Waals surface area contributed by atoms with E-state index >= 15 is 0 Å². The van der Waals surface area contributed by atoms with Gasteiger partial charge in [0.05, 0.1) is 6.42 Å². The average molecular weight is 361 g/mol. The van der Waals surface area contributed by atoms with Gasteiger partial charge in [0.2, 0.25) is 0 Å². The first-order valence-corrected chi connectivity index (χ1v) is 8.71. The van der Waals surface area contributed by atoms with Gasteiger partial charge in [-0.1, -0.05) is 13.8 Å². The number of alkyl halides is 3. The summed E-state index contributed by atoms with van der Waals surface area (Å²) in [7, 11) is 0. The Bertz CT molecular complexity index is 569. The van der Waals surface area contributed by atoms with Gasteiger partial charge in [-0.25, -0.2) is 0 Å². The Morgan fingerprint density at radius 2 is 1.92 bits per heavy atom. The summed E-state index contributed by atoms with van der Waals surface area (Å²) in [5.74, 6) is -0.433. The predicted octanol–water partition coefficient (Wildman–Crippen LogP) is 1.79. The normalized spacial score (nSPS) is 14.6. The Kier molecular flexibility index (Phi) is 6.83. The molecule has 1 amide bonds. The van der Waals surface area contributed by atoms with Gasteiger partial charge < -0.3 is 15.1 Å². The second kappa shape index (κ2) is 8.66. The molecular formula is C16H26F3N5O. The van der Waals surface area contributed by atoms with Gasteiger partial charge in [-0.2, -0.15) is 18.3 Å². The van der Waals surface area contributed by atoms with Crippen molar-refractivity contribution in [1.82, 2.24) is 25.3 Å². The standard InChI is InChI=1S/C16H26F3N5O/c1-3-23(4-2)9-10-24(8-6-16(17,18)19)15(25)14-12-11-20-7-5-13(12)21-22-14/h20H,3-11H2,1-2H3,(H,21,22). The fraction of sp³-hybridized carbons (Fsp3) is 0.750. The van der Waals surface area contributed by atoms with E-state index in [2.05, 4.69) is 20.4 Å². The van der Waals surface area contributed by atoms with E-state index in [1.54, 1.807) is 0 Å². The Balaban J connectivity index is 2.12. The second-order valence-electron chi connectivity index (χ2n) is 6.14. The summed E-state index contributed by atoms with van der Waals surface area (Å²) >= 11 is 0. The minimum absolute atomic E-state index is 0.240. The number of nitrogens with one attached hydrogen (secondary N) is 2. The van der Waals surface area contributed by atoms with Crippen LogP contribution in [0, 0.1) is 0 Å². The molecule has 2 N–H and O–H groups in total. The lowest BCUT2D eigenvalue weighted by Crippen LogP contribution is -2.41. The van der Waals surface area contributed by atoms with Crippen LogP contribution >= 0.6 is 0 Å². The molecule has 6 nitrogen and oxygen atoms in total. The number of carbonyl (C=O) groups excluding carboxylic acids is 1. The van der Waals surface area contributed by atoms with Crippen LogP contribution in [0.15, 0.2) is 0 Å². The number of amides is 1. The van der Waals surface area contributed by atoms with Crippen molar-refractivity contribution in [3.8, 4) is 0 Å². The molecular weight excluding hydrogens is 335 g/mol. The van der Waals surface area contributed by atoms with Crippen LogP contribution in [0.25, 0.3) is 0 Å². The van der Waals surface area contributed by atoms with Crippen LogP contribution < -0.4 is 5.32 Å². The molecule has 0 radical (unpaired) electrons. The molecule has 1 aromatic rings. The van der Waals surface area contributed by atoms with E-state index in [1.807, 2.05) is 13.8 Å². The molecule has 1 aliphatic rings. The molecule has 25 heavy (non-hydrogen) atoms. The van der Waals surface area contributed by atoms with Gasteiger partial charge in [-0.05, 0) is 13.1 Å². The monoisotopic (exact) mass is 361 g/mol. The van der Waals surface area contributed by atoms with Crippen molar-refractivity contribution in [2.45, 2.75) is 39.4 Å². The summed E-state index contributed by atoms with van der Waals surface area (Å²) in [6.45, 7) is 7.31. The molecule has 0 bridgehead atoms. The number of hydrogen-bond acceptors (Lipinski definition) is 4. The largest absolute Gasteiger partial charge is 0.390 e. The van der Waals surface area contributed by atoms with Gasteiger partial charge in [-0.3, -0.25) is 9.89 Å². The van der Waals surface area contributed by atoms with Crippen LogP contribution in [0.2, 0.25) is 0 Å². The number of H-pyrrole nitrogens is 1. The zero-order chi connectivity index (χ0) is 18.4. The van der Waals surface area contributed by atoms with E-state index in [0.29, 0.717) is 13.1 Å². The number of fused-ring (bicyclic) bond motifs is 1. The van der Waals surface area contributed by atoms with Crippen molar-refractivity contribution >= 4 is 5.91 Å². The lowest BCUT2D eigenvalue weighted by molar-refractivity contribution is -0.136. The van der Waals surface area contributed by atoms with Gasteiger partial charge in [0, 0.05) is 50.4 Å². The third kappa shape index (κ3) is 5.43. The number of hydrogen-bond donors (Lipinski definition) is 2. The average Bonchev–Trinajstić information content (AvgIpc) is 3.01. The van der Waals surface area contributed by atoms with E-state index < -0.39 is 18.5 Å². The SMILES string of the molecule is CCN(CC)CCN(CCC(F)(F)F)C(=O)c1n[nH]c2c1CNCC2. The van der Waals surface area contributed by atoms with Crippen LogP contribution in [0.1, 0.15) is 42.0 Å². The minimum Gasteiger partial charge on any atom is -0.336 e. The predicted molar refractivity (Wildman–Crippen MR) is 88.4 cm³/mol. The smallest absolute Gasteiger partial charge is 0.336 e. The van der Waals surface area contributed by atoms with E-state index in [0.717, 1.165) is 37.3 Å². The van der Waals surface area contributed by atoms with E-state index in [9.17, 15) is 18.0 Å². The van der Waals surface area contributed by atoms with Crippen molar-refractivity contribution < 1.29 is 18.0 Å². The summed E-state index contributed by atoms with van der Waals surface area (Å²) in [5.41, 5.74) is 1.90. The lowest BCUT2D eigenvalue weighted by atomic mass is 10.1. The molecule has 0 spiro atoms. The second-order valence-corrected chi connectivity index (χ2v) is 6.14. The lowest BCUT2D eigenvalue weighted by Gasteiger charge is -2.27. The van der Waals surface area contributed by atoms with Gasteiger partial charge in [0.25, 0.3) is 5.91 Å². The summed E-state index contributed by atoms with van der Waals surface area (Å²) in [4.78, 5) is 16.2. The zero-order valence-corrected chi connectivity index (χ0v) is 14.7. The van der Waals surface area contributed by atoms with Crippen molar-refractivity contribution in [3.63, 3.8) is 0 Å². The molecule has 0 aromatic carbocycles. The molecule has 0 aliphatic carbocycles.